The molecule has 0 radical (unpaired) electrons. The van der Waals surface area contributed by atoms with E-state index in [2.05, 4.69) is 0 Å². The molecule has 0 saturated heterocycles. The van der Waals surface area contributed by atoms with Crippen LogP contribution in [0.2, 0.25) is 5.02 Å². The van der Waals surface area contributed by atoms with Gasteiger partial charge in [-0.15, -0.1) is 0 Å². The van der Waals surface area contributed by atoms with Crippen molar-refractivity contribution in [3.63, 3.8) is 0 Å². The molecule has 0 aromatic heterocycles. The van der Waals surface area contributed by atoms with E-state index in [4.69, 9.17) is 16.7 Å². The molecule has 4 nitrogen and oxygen atoms in total. The van der Waals surface area contributed by atoms with Gasteiger partial charge in [-0.1, -0.05) is 18.0 Å². The van der Waals surface area contributed by atoms with Crippen LogP contribution in [0.3, 0.4) is 0 Å². The molecule has 1 aromatic carbocycles. The summed E-state index contributed by atoms with van der Waals surface area (Å²) in [7, 11) is -3.76. The first-order chi connectivity index (χ1) is 9.46. The fraction of sp³-hybridized carbons (Fsp3) is 0.538. The lowest BCUT2D eigenvalue weighted by Crippen LogP contribution is -2.44. The maximum absolute atomic E-state index is 13.0. The standard InChI is InChI=1S/C13H17ClFNO3S/c14-12-9-10(15)5-6-13(12)20(18,19)16(7-2-8-17)11-3-1-4-11/h5-6,9,11,17H,1-4,7-8H2. The number of rotatable bonds is 6. The Hall–Kier alpha value is -0.690. The Morgan fingerprint density at radius 1 is 1.40 bits per heavy atom. The van der Waals surface area contributed by atoms with E-state index >= 15 is 0 Å². The molecule has 20 heavy (non-hydrogen) atoms. The summed E-state index contributed by atoms with van der Waals surface area (Å²) in [6.45, 7) is 0.174. The zero-order valence-electron chi connectivity index (χ0n) is 10.9. The number of aliphatic hydroxyl groups is 1. The fourth-order valence-corrected chi connectivity index (χ4v) is 4.44. The van der Waals surface area contributed by atoms with Crippen molar-refractivity contribution in [1.29, 1.82) is 0 Å². The van der Waals surface area contributed by atoms with Crippen LogP contribution < -0.4 is 0 Å². The third-order valence-electron chi connectivity index (χ3n) is 3.50. The average Bonchev–Trinajstić information content (AvgIpc) is 2.31. The lowest BCUT2D eigenvalue weighted by Gasteiger charge is -2.36. The van der Waals surface area contributed by atoms with Gasteiger partial charge in [-0.3, -0.25) is 0 Å². The van der Waals surface area contributed by atoms with Crippen molar-refractivity contribution in [2.75, 3.05) is 13.2 Å². The summed E-state index contributed by atoms with van der Waals surface area (Å²) < 4.78 is 39.7. The smallest absolute Gasteiger partial charge is 0.244 e. The predicted molar refractivity (Wildman–Crippen MR) is 74.6 cm³/mol. The maximum Gasteiger partial charge on any atom is 0.244 e. The van der Waals surface area contributed by atoms with Crippen LogP contribution in [-0.2, 0) is 10.0 Å². The fourth-order valence-electron chi connectivity index (χ4n) is 2.21. The van der Waals surface area contributed by atoms with Crippen molar-refractivity contribution < 1.29 is 17.9 Å². The molecule has 1 fully saturated rings. The van der Waals surface area contributed by atoms with Crippen LogP contribution in [0.4, 0.5) is 4.39 Å². The van der Waals surface area contributed by atoms with Gasteiger partial charge in [0.25, 0.3) is 0 Å². The van der Waals surface area contributed by atoms with E-state index in [1.54, 1.807) is 0 Å². The topological polar surface area (TPSA) is 57.6 Å². The normalized spacial score (nSPS) is 16.4. The second-order valence-electron chi connectivity index (χ2n) is 4.85. The molecular formula is C13H17ClFNO3S. The first-order valence-corrected chi connectivity index (χ1v) is 8.36. The van der Waals surface area contributed by atoms with Crippen LogP contribution in [0.5, 0.6) is 0 Å². The maximum atomic E-state index is 13.0. The number of hydrogen-bond donors (Lipinski definition) is 1. The third kappa shape index (κ3) is 3.14. The number of benzene rings is 1. The molecule has 0 spiro atoms. The van der Waals surface area contributed by atoms with Gasteiger partial charge in [0.1, 0.15) is 10.7 Å². The molecule has 1 aliphatic carbocycles. The third-order valence-corrected chi connectivity index (χ3v) is 5.93. The van der Waals surface area contributed by atoms with Crippen LogP contribution >= 0.6 is 11.6 Å². The monoisotopic (exact) mass is 321 g/mol. The predicted octanol–water partition coefficient (Wildman–Crippen LogP) is 2.40. The highest BCUT2D eigenvalue weighted by Gasteiger charge is 2.35. The van der Waals surface area contributed by atoms with E-state index in [1.807, 2.05) is 0 Å². The molecule has 7 heteroatoms. The van der Waals surface area contributed by atoms with Crippen LogP contribution in [0.25, 0.3) is 0 Å². The second-order valence-corrected chi connectivity index (χ2v) is 7.12. The van der Waals surface area contributed by atoms with Crippen molar-refractivity contribution in [2.24, 2.45) is 0 Å². The summed E-state index contributed by atoms with van der Waals surface area (Å²) in [5, 5.41) is 8.81. The zero-order valence-corrected chi connectivity index (χ0v) is 12.5. The minimum absolute atomic E-state index is 0.0485. The summed E-state index contributed by atoms with van der Waals surface area (Å²) in [4.78, 5) is -0.0783. The van der Waals surface area contributed by atoms with E-state index in [0.29, 0.717) is 6.42 Å². The van der Waals surface area contributed by atoms with Gasteiger partial charge in [0.05, 0.1) is 5.02 Å². The highest BCUT2D eigenvalue weighted by Crippen LogP contribution is 2.32. The Morgan fingerprint density at radius 3 is 2.60 bits per heavy atom. The molecule has 2 rings (SSSR count). The van der Waals surface area contributed by atoms with Gasteiger partial charge < -0.3 is 5.11 Å². The van der Waals surface area contributed by atoms with Gasteiger partial charge in [0.15, 0.2) is 0 Å². The summed E-state index contributed by atoms with van der Waals surface area (Å²) in [5.41, 5.74) is 0. The van der Waals surface area contributed by atoms with Crippen molar-refractivity contribution in [3.05, 3.63) is 29.0 Å². The first kappa shape index (κ1) is 15.7. The van der Waals surface area contributed by atoms with E-state index in [9.17, 15) is 12.8 Å². The molecule has 1 N–H and O–H groups in total. The highest BCUT2D eigenvalue weighted by atomic mass is 35.5. The number of hydrogen-bond acceptors (Lipinski definition) is 3. The van der Waals surface area contributed by atoms with Gasteiger partial charge in [0, 0.05) is 19.2 Å². The zero-order chi connectivity index (χ0) is 14.8. The SMILES string of the molecule is O=S(=O)(c1ccc(F)cc1Cl)N(CCCO)C1CCC1. The van der Waals surface area contributed by atoms with Crippen LogP contribution in [0, 0.1) is 5.82 Å². The van der Waals surface area contributed by atoms with Crippen molar-refractivity contribution >= 4 is 21.6 Å². The largest absolute Gasteiger partial charge is 0.396 e. The Morgan fingerprint density at radius 2 is 2.10 bits per heavy atom. The molecule has 1 aliphatic rings. The molecule has 0 atom stereocenters. The van der Waals surface area contributed by atoms with Crippen molar-refractivity contribution in [1.82, 2.24) is 4.31 Å². The summed E-state index contributed by atoms with van der Waals surface area (Å²) in [6, 6.07) is 3.23. The first-order valence-electron chi connectivity index (χ1n) is 6.54. The van der Waals surface area contributed by atoms with Gasteiger partial charge in [-0.2, -0.15) is 4.31 Å². The van der Waals surface area contributed by atoms with Gasteiger partial charge in [-0.05, 0) is 37.5 Å². The second kappa shape index (κ2) is 6.39. The van der Waals surface area contributed by atoms with E-state index < -0.39 is 15.8 Å². The Balaban J connectivity index is 2.33. The Bertz CT molecular complexity index is 575. The van der Waals surface area contributed by atoms with Crippen LogP contribution in [0.15, 0.2) is 23.1 Å². The lowest BCUT2D eigenvalue weighted by molar-refractivity contribution is 0.198. The number of aliphatic hydroxyl groups excluding tert-OH is 1. The minimum atomic E-state index is -3.76. The Labute approximate surface area is 123 Å². The molecule has 0 aliphatic heterocycles. The molecule has 0 unspecified atom stereocenters. The minimum Gasteiger partial charge on any atom is -0.396 e. The molecule has 1 aromatic rings. The number of nitrogens with zero attached hydrogens (tertiary/aromatic N) is 1. The summed E-state index contributed by atoms with van der Waals surface area (Å²) in [6.07, 6.45) is 2.98. The van der Waals surface area contributed by atoms with Crippen LogP contribution in [0.1, 0.15) is 25.7 Å². The molecule has 112 valence electrons. The number of halogens is 2. The van der Waals surface area contributed by atoms with Crippen molar-refractivity contribution in [2.45, 2.75) is 36.6 Å². The van der Waals surface area contributed by atoms with Gasteiger partial charge in [0.2, 0.25) is 10.0 Å². The number of sulfonamides is 1. The average molecular weight is 322 g/mol. The van der Waals surface area contributed by atoms with Crippen LogP contribution in [-0.4, -0.2) is 37.0 Å². The molecule has 0 heterocycles. The summed E-state index contributed by atoms with van der Waals surface area (Å²) in [5.74, 6) is -0.570. The molecule has 0 bridgehead atoms. The molecule has 1 saturated carbocycles. The molecule has 0 amide bonds. The van der Waals surface area contributed by atoms with Gasteiger partial charge in [-0.25, -0.2) is 12.8 Å². The summed E-state index contributed by atoms with van der Waals surface area (Å²) >= 11 is 5.86. The lowest BCUT2D eigenvalue weighted by atomic mass is 9.93. The van der Waals surface area contributed by atoms with E-state index in [-0.39, 0.29) is 29.1 Å². The molecular weight excluding hydrogens is 305 g/mol. The van der Waals surface area contributed by atoms with E-state index in [0.717, 1.165) is 31.4 Å². The Kier molecular flexibility index (Phi) is 5.01. The van der Waals surface area contributed by atoms with Gasteiger partial charge >= 0.3 is 0 Å². The van der Waals surface area contributed by atoms with Crippen molar-refractivity contribution in [3.8, 4) is 0 Å². The van der Waals surface area contributed by atoms with E-state index in [1.165, 1.54) is 10.4 Å². The quantitative estimate of drug-likeness (QED) is 0.875. The highest BCUT2D eigenvalue weighted by molar-refractivity contribution is 7.89.